The maximum atomic E-state index is 13.6. The molecule has 0 saturated heterocycles. The van der Waals surface area contributed by atoms with E-state index in [1.165, 1.54) is 65.0 Å². The number of carbonyl (C=O) groups is 1. The molecule has 160 valence electrons. The summed E-state index contributed by atoms with van der Waals surface area (Å²) in [6.07, 6.45) is 1.29. The highest BCUT2D eigenvalue weighted by atomic mass is 32.2. The summed E-state index contributed by atoms with van der Waals surface area (Å²) in [5.74, 6) is -0.475. The fourth-order valence-electron chi connectivity index (χ4n) is 3.34. The summed E-state index contributed by atoms with van der Waals surface area (Å²) in [4.78, 5) is 25.2. The van der Waals surface area contributed by atoms with Crippen molar-refractivity contribution in [3.63, 3.8) is 0 Å². The molecule has 0 N–H and O–H groups in total. The van der Waals surface area contributed by atoms with Crippen molar-refractivity contribution in [2.45, 2.75) is 4.90 Å². The van der Waals surface area contributed by atoms with Crippen LogP contribution in [0.25, 0.3) is 11.0 Å². The summed E-state index contributed by atoms with van der Waals surface area (Å²) in [5.41, 5.74) is 0.820. The average molecular weight is 441 g/mol. The van der Waals surface area contributed by atoms with Crippen LogP contribution in [0.3, 0.4) is 0 Å². The second kappa shape index (κ2) is 7.47. The fourth-order valence-corrected chi connectivity index (χ4v) is 4.75. The molecule has 0 aliphatic rings. The van der Waals surface area contributed by atoms with Crippen molar-refractivity contribution in [1.82, 2.24) is 9.13 Å². The predicted molar refractivity (Wildman–Crippen MR) is 114 cm³/mol. The van der Waals surface area contributed by atoms with Gasteiger partial charge in [0.05, 0.1) is 35.0 Å². The van der Waals surface area contributed by atoms with Crippen molar-refractivity contribution >= 4 is 32.7 Å². The van der Waals surface area contributed by atoms with Gasteiger partial charge in [0.25, 0.3) is 10.0 Å². The van der Waals surface area contributed by atoms with Gasteiger partial charge in [-0.1, -0.05) is 0 Å². The van der Waals surface area contributed by atoms with Crippen LogP contribution in [0.5, 0.6) is 5.75 Å². The summed E-state index contributed by atoms with van der Waals surface area (Å²) >= 11 is 0. The van der Waals surface area contributed by atoms with E-state index in [1.54, 1.807) is 26.2 Å². The Balaban J connectivity index is 1.90. The van der Waals surface area contributed by atoms with Crippen LogP contribution in [0.2, 0.25) is 0 Å². The molecule has 10 heteroatoms. The number of aryl methyl sites for hydroxylation is 2. The minimum absolute atomic E-state index is 0.115. The number of anilines is 1. The van der Waals surface area contributed by atoms with E-state index in [0.717, 1.165) is 0 Å². The first-order valence-corrected chi connectivity index (χ1v) is 10.6. The van der Waals surface area contributed by atoms with Gasteiger partial charge in [-0.25, -0.2) is 13.2 Å². The minimum Gasteiger partial charge on any atom is -0.497 e. The van der Waals surface area contributed by atoms with E-state index in [0.29, 0.717) is 21.1 Å². The van der Waals surface area contributed by atoms with Crippen molar-refractivity contribution in [2.75, 3.05) is 11.4 Å². The Morgan fingerprint density at radius 1 is 1.00 bits per heavy atom. The summed E-state index contributed by atoms with van der Waals surface area (Å²) in [6.45, 7) is 0. The van der Waals surface area contributed by atoms with E-state index in [4.69, 9.17) is 9.15 Å². The third kappa shape index (κ3) is 3.30. The lowest BCUT2D eigenvalue weighted by atomic mass is 10.3. The zero-order chi connectivity index (χ0) is 22.3. The normalized spacial score (nSPS) is 11.6. The van der Waals surface area contributed by atoms with Crippen LogP contribution < -0.4 is 14.7 Å². The molecule has 4 rings (SSSR count). The summed E-state index contributed by atoms with van der Waals surface area (Å²) < 4.78 is 40.9. The lowest BCUT2D eigenvalue weighted by Crippen LogP contribution is -2.36. The molecule has 0 aliphatic heterocycles. The van der Waals surface area contributed by atoms with Crippen molar-refractivity contribution in [3.8, 4) is 5.75 Å². The van der Waals surface area contributed by atoms with Gasteiger partial charge in [0.2, 0.25) is 0 Å². The molecule has 2 heterocycles. The van der Waals surface area contributed by atoms with Crippen molar-refractivity contribution < 1.29 is 22.4 Å². The Morgan fingerprint density at radius 3 is 2.29 bits per heavy atom. The topological polar surface area (TPSA) is 104 Å². The largest absolute Gasteiger partial charge is 0.497 e. The van der Waals surface area contributed by atoms with Gasteiger partial charge in [-0.2, -0.15) is 4.31 Å². The number of imidazole rings is 1. The number of methoxy groups -OCH3 is 1. The molecule has 31 heavy (non-hydrogen) atoms. The summed E-state index contributed by atoms with van der Waals surface area (Å²) in [5, 5.41) is 0. The maximum Gasteiger partial charge on any atom is 0.328 e. The number of furan rings is 1. The number of rotatable bonds is 5. The molecule has 9 nitrogen and oxygen atoms in total. The number of ether oxygens (including phenoxy) is 1. The van der Waals surface area contributed by atoms with E-state index in [2.05, 4.69) is 0 Å². The molecule has 0 saturated carbocycles. The Morgan fingerprint density at radius 2 is 1.68 bits per heavy atom. The Bertz CT molecular complexity index is 1430. The Hall–Kier alpha value is -3.79. The number of benzene rings is 2. The molecular weight excluding hydrogens is 422 g/mol. The van der Waals surface area contributed by atoms with Crippen LogP contribution in [0, 0.1) is 0 Å². The minimum atomic E-state index is -4.35. The maximum absolute atomic E-state index is 13.6. The number of nitrogens with zero attached hydrogens (tertiary/aromatic N) is 3. The third-order valence-electron chi connectivity index (χ3n) is 5.01. The first kappa shape index (κ1) is 20.5. The smallest absolute Gasteiger partial charge is 0.328 e. The van der Waals surface area contributed by atoms with Crippen LogP contribution in [0.4, 0.5) is 5.69 Å². The van der Waals surface area contributed by atoms with E-state index in [1.807, 2.05) is 0 Å². The highest BCUT2D eigenvalue weighted by Gasteiger charge is 2.33. The van der Waals surface area contributed by atoms with Crippen LogP contribution in [0.1, 0.15) is 10.6 Å². The van der Waals surface area contributed by atoms with Gasteiger partial charge >= 0.3 is 11.6 Å². The lowest BCUT2D eigenvalue weighted by molar-refractivity contribution is 0.0979. The number of sulfonamides is 1. The first-order valence-electron chi connectivity index (χ1n) is 9.18. The van der Waals surface area contributed by atoms with E-state index >= 15 is 0 Å². The van der Waals surface area contributed by atoms with Gasteiger partial charge < -0.3 is 9.15 Å². The van der Waals surface area contributed by atoms with Crippen LogP contribution in [0.15, 0.2) is 75.0 Å². The van der Waals surface area contributed by atoms with Gasteiger partial charge in [-0.05, 0) is 54.6 Å². The average Bonchev–Trinajstić information content (AvgIpc) is 3.38. The molecule has 0 fully saturated rings. The highest BCUT2D eigenvalue weighted by Crippen LogP contribution is 2.29. The number of hydrogen-bond donors (Lipinski definition) is 0. The molecular formula is C21H19N3O6S. The zero-order valence-electron chi connectivity index (χ0n) is 17.0. The van der Waals surface area contributed by atoms with Gasteiger partial charge in [0.1, 0.15) is 5.75 Å². The molecule has 0 unspecified atom stereocenters. The van der Waals surface area contributed by atoms with Gasteiger partial charge in [-0.3, -0.25) is 13.9 Å². The predicted octanol–water partition coefficient (Wildman–Crippen LogP) is 2.51. The second-order valence-corrected chi connectivity index (χ2v) is 8.59. The molecule has 2 aromatic carbocycles. The highest BCUT2D eigenvalue weighted by molar-refractivity contribution is 7.93. The monoisotopic (exact) mass is 441 g/mol. The standard InChI is InChI=1S/C21H19N3O6S/c1-22-17-11-10-16(13-18(17)23(2)21(22)26)31(27,28)24(20(25)19-5-4-12-30-19)14-6-8-15(29-3)9-7-14/h4-13H,1-3H3. The SMILES string of the molecule is COc1ccc(N(C(=O)c2ccco2)S(=O)(=O)c2ccc3c(c2)n(C)c(=O)n3C)cc1. The quantitative estimate of drug-likeness (QED) is 0.471. The van der Waals surface area contributed by atoms with Gasteiger partial charge in [0, 0.05) is 14.1 Å². The number of amides is 1. The summed E-state index contributed by atoms with van der Waals surface area (Å²) in [6, 6.07) is 13.2. The fraction of sp³-hybridized carbons (Fsp3) is 0.143. The number of carbonyl (C=O) groups excluding carboxylic acids is 1. The molecule has 4 aromatic rings. The lowest BCUT2D eigenvalue weighted by Gasteiger charge is -2.22. The molecule has 0 bridgehead atoms. The molecule has 1 amide bonds. The first-order chi connectivity index (χ1) is 14.8. The van der Waals surface area contributed by atoms with Crippen molar-refractivity contribution in [2.24, 2.45) is 14.1 Å². The van der Waals surface area contributed by atoms with Crippen LogP contribution in [-0.4, -0.2) is 30.6 Å². The molecule has 0 aliphatic carbocycles. The number of hydrogen-bond acceptors (Lipinski definition) is 6. The van der Waals surface area contributed by atoms with E-state index in [-0.39, 0.29) is 22.0 Å². The third-order valence-corrected chi connectivity index (χ3v) is 6.71. The molecule has 0 spiro atoms. The molecule has 0 radical (unpaired) electrons. The molecule has 0 atom stereocenters. The Labute approximate surface area is 177 Å². The van der Waals surface area contributed by atoms with Crippen LogP contribution in [-0.2, 0) is 24.1 Å². The molecule has 2 aromatic heterocycles. The summed E-state index contributed by atoms with van der Waals surface area (Å²) in [7, 11) is 0.283. The van der Waals surface area contributed by atoms with Crippen LogP contribution >= 0.6 is 0 Å². The second-order valence-electron chi connectivity index (χ2n) is 6.80. The van der Waals surface area contributed by atoms with Crippen molar-refractivity contribution in [1.29, 1.82) is 0 Å². The van der Waals surface area contributed by atoms with E-state index < -0.39 is 15.9 Å². The number of aromatic nitrogens is 2. The van der Waals surface area contributed by atoms with Gasteiger partial charge in [0.15, 0.2) is 5.76 Å². The number of fused-ring (bicyclic) bond motifs is 1. The van der Waals surface area contributed by atoms with E-state index in [9.17, 15) is 18.0 Å². The van der Waals surface area contributed by atoms with Crippen molar-refractivity contribution in [3.05, 3.63) is 77.1 Å². The Kier molecular flexibility index (Phi) is 4.94. The van der Waals surface area contributed by atoms with Gasteiger partial charge in [-0.15, -0.1) is 0 Å². The zero-order valence-corrected chi connectivity index (χ0v) is 17.8.